The van der Waals surface area contributed by atoms with Crippen molar-refractivity contribution in [1.82, 2.24) is 4.98 Å². The Morgan fingerprint density at radius 1 is 1.43 bits per heavy atom. The van der Waals surface area contributed by atoms with Gasteiger partial charge in [0.05, 0.1) is 16.9 Å². The molecule has 1 aromatic carbocycles. The van der Waals surface area contributed by atoms with E-state index in [9.17, 15) is 4.79 Å². The highest BCUT2D eigenvalue weighted by Crippen LogP contribution is 2.27. The molecule has 1 atom stereocenters. The maximum Gasteiger partial charge on any atom is 0.265 e. The van der Waals surface area contributed by atoms with E-state index in [2.05, 4.69) is 10.3 Å². The lowest BCUT2D eigenvalue weighted by Crippen LogP contribution is -2.32. The monoisotopic (exact) mass is 304 g/mol. The van der Waals surface area contributed by atoms with Gasteiger partial charge in [0.2, 0.25) is 0 Å². The number of nitrogens with zero attached hydrogens (tertiary/aromatic N) is 1. The Bertz CT molecular complexity index is 617. The smallest absolute Gasteiger partial charge is 0.265 e. The van der Waals surface area contributed by atoms with E-state index in [-0.39, 0.29) is 5.91 Å². The summed E-state index contributed by atoms with van der Waals surface area (Å²) < 4.78 is 5.74. The Kier molecular flexibility index (Phi) is 5.17. The van der Waals surface area contributed by atoms with Gasteiger partial charge < -0.3 is 10.1 Å². The van der Waals surface area contributed by atoms with Crippen LogP contribution in [0.1, 0.15) is 18.9 Å². The number of aromatic nitrogens is 1. The normalized spacial score (nSPS) is 11.8. The minimum Gasteiger partial charge on any atom is -0.479 e. The number of hydrogen-bond donors (Lipinski definition) is 1. The highest BCUT2D eigenvalue weighted by molar-refractivity contribution is 6.32. The summed E-state index contributed by atoms with van der Waals surface area (Å²) in [5.74, 6) is 0.299. The molecule has 0 saturated heterocycles. The Labute approximate surface area is 129 Å². The quantitative estimate of drug-likeness (QED) is 0.913. The number of rotatable bonds is 5. The molecule has 1 heterocycles. The van der Waals surface area contributed by atoms with E-state index in [1.807, 2.05) is 26.0 Å². The van der Waals surface area contributed by atoms with E-state index in [1.54, 1.807) is 30.6 Å². The number of amides is 1. The van der Waals surface area contributed by atoms with Crippen molar-refractivity contribution in [3.05, 3.63) is 53.3 Å². The van der Waals surface area contributed by atoms with Crippen molar-refractivity contribution < 1.29 is 9.53 Å². The summed E-state index contributed by atoms with van der Waals surface area (Å²) in [6.07, 6.45) is 3.17. The van der Waals surface area contributed by atoms with Gasteiger partial charge in [0.25, 0.3) is 5.91 Å². The molecular formula is C16H17ClN2O2. The molecule has 4 nitrogen and oxygen atoms in total. The molecule has 0 radical (unpaired) electrons. The van der Waals surface area contributed by atoms with Gasteiger partial charge in [-0.1, -0.05) is 24.6 Å². The van der Waals surface area contributed by atoms with Crippen molar-refractivity contribution in [1.29, 1.82) is 0 Å². The van der Waals surface area contributed by atoms with Gasteiger partial charge in [-0.15, -0.1) is 0 Å². The van der Waals surface area contributed by atoms with Gasteiger partial charge in [0.15, 0.2) is 6.10 Å². The molecule has 0 saturated carbocycles. The predicted octanol–water partition coefficient (Wildman–Crippen LogP) is 3.84. The van der Waals surface area contributed by atoms with Crippen LogP contribution in [0.5, 0.6) is 5.75 Å². The zero-order chi connectivity index (χ0) is 15.2. The second kappa shape index (κ2) is 7.09. The zero-order valence-electron chi connectivity index (χ0n) is 12.0. The Morgan fingerprint density at radius 2 is 2.24 bits per heavy atom. The molecule has 0 spiro atoms. The number of carbonyl (C=O) groups is 1. The summed E-state index contributed by atoms with van der Waals surface area (Å²) >= 11 is 6.10. The summed E-state index contributed by atoms with van der Waals surface area (Å²) in [5, 5.41) is 3.27. The fourth-order valence-corrected chi connectivity index (χ4v) is 2.00. The first kappa shape index (κ1) is 15.3. The van der Waals surface area contributed by atoms with Crippen LogP contribution in [-0.4, -0.2) is 17.0 Å². The van der Waals surface area contributed by atoms with Crippen LogP contribution in [0.25, 0.3) is 0 Å². The number of anilines is 1. The van der Waals surface area contributed by atoms with Crippen LogP contribution < -0.4 is 10.1 Å². The lowest BCUT2D eigenvalue weighted by molar-refractivity contribution is -0.122. The molecule has 1 aromatic heterocycles. The molecule has 5 heteroatoms. The van der Waals surface area contributed by atoms with Gasteiger partial charge in [0, 0.05) is 6.20 Å². The van der Waals surface area contributed by atoms with Crippen molar-refractivity contribution >= 4 is 23.2 Å². The summed E-state index contributed by atoms with van der Waals surface area (Å²) in [4.78, 5) is 16.2. The maximum absolute atomic E-state index is 12.2. The van der Waals surface area contributed by atoms with Crippen LogP contribution in [-0.2, 0) is 4.79 Å². The van der Waals surface area contributed by atoms with Crippen LogP contribution >= 0.6 is 11.6 Å². The Hall–Kier alpha value is -2.07. The van der Waals surface area contributed by atoms with Crippen LogP contribution in [0, 0.1) is 6.92 Å². The van der Waals surface area contributed by atoms with E-state index in [4.69, 9.17) is 16.3 Å². The number of ether oxygens (including phenoxy) is 1. The van der Waals surface area contributed by atoms with Gasteiger partial charge in [-0.2, -0.15) is 0 Å². The molecule has 0 fully saturated rings. The molecule has 0 bridgehead atoms. The first-order valence-electron chi connectivity index (χ1n) is 6.74. The van der Waals surface area contributed by atoms with Crippen molar-refractivity contribution in [2.75, 3.05) is 5.32 Å². The zero-order valence-corrected chi connectivity index (χ0v) is 12.7. The van der Waals surface area contributed by atoms with Crippen LogP contribution in [0.4, 0.5) is 5.69 Å². The van der Waals surface area contributed by atoms with Crippen molar-refractivity contribution in [3.63, 3.8) is 0 Å². The molecule has 21 heavy (non-hydrogen) atoms. The van der Waals surface area contributed by atoms with Gasteiger partial charge in [-0.05, 0) is 43.2 Å². The lowest BCUT2D eigenvalue weighted by Gasteiger charge is -2.18. The fraction of sp³-hybridized carbons (Fsp3) is 0.250. The number of nitrogens with one attached hydrogen (secondary N) is 1. The molecule has 0 aliphatic carbocycles. The van der Waals surface area contributed by atoms with E-state index in [0.29, 0.717) is 22.9 Å². The minimum atomic E-state index is -0.607. The maximum atomic E-state index is 12.2. The number of halogens is 1. The van der Waals surface area contributed by atoms with E-state index >= 15 is 0 Å². The highest BCUT2D eigenvalue weighted by atomic mass is 35.5. The summed E-state index contributed by atoms with van der Waals surface area (Å²) in [5.41, 5.74) is 1.66. The Balaban J connectivity index is 2.09. The van der Waals surface area contributed by atoms with Gasteiger partial charge in [0.1, 0.15) is 5.75 Å². The van der Waals surface area contributed by atoms with Gasteiger partial charge >= 0.3 is 0 Å². The molecule has 1 N–H and O–H groups in total. The fourth-order valence-electron chi connectivity index (χ4n) is 1.84. The van der Waals surface area contributed by atoms with E-state index in [0.717, 1.165) is 5.56 Å². The molecule has 1 amide bonds. The number of hydrogen-bond acceptors (Lipinski definition) is 3. The minimum absolute atomic E-state index is 0.219. The largest absolute Gasteiger partial charge is 0.479 e. The van der Waals surface area contributed by atoms with Gasteiger partial charge in [-0.3, -0.25) is 9.78 Å². The predicted molar refractivity (Wildman–Crippen MR) is 83.8 cm³/mol. The SMILES string of the molecule is CC[C@@H](Oc1cc(C)ccc1Cl)C(=O)Nc1cccnc1. The molecule has 0 aliphatic heterocycles. The molecule has 0 aliphatic rings. The number of aryl methyl sites for hydroxylation is 1. The second-order valence-electron chi connectivity index (χ2n) is 4.68. The molecule has 110 valence electrons. The summed E-state index contributed by atoms with van der Waals surface area (Å²) in [7, 11) is 0. The van der Waals surface area contributed by atoms with Crippen LogP contribution in [0.2, 0.25) is 5.02 Å². The molecular weight excluding hydrogens is 288 g/mol. The first-order valence-corrected chi connectivity index (χ1v) is 7.11. The standard InChI is InChI=1S/C16H17ClN2O2/c1-3-14(16(20)19-12-5-4-8-18-10-12)21-15-9-11(2)6-7-13(15)17/h4-10,14H,3H2,1-2H3,(H,19,20)/t14-/m1/s1. The second-order valence-corrected chi connectivity index (χ2v) is 5.09. The highest BCUT2D eigenvalue weighted by Gasteiger charge is 2.19. The van der Waals surface area contributed by atoms with Gasteiger partial charge in [-0.25, -0.2) is 0 Å². The topological polar surface area (TPSA) is 51.2 Å². The first-order chi connectivity index (χ1) is 10.1. The molecule has 2 aromatic rings. The average molecular weight is 305 g/mol. The van der Waals surface area contributed by atoms with Crippen molar-refractivity contribution in [2.45, 2.75) is 26.4 Å². The number of carbonyl (C=O) groups excluding carboxylic acids is 1. The average Bonchev–Trinajstić information content (AvgIpc) is 2.49. The molecule has 2 rings (SSSR count). The number of pyridine rings is 1. The summed E-state index contributed by atoms with van der Waals surface area (Å²) in [6.45, 7) is 3.83. The van der Waals surface area contributed by atoms with E-state index in [1.165, 1.54) is 0 Å². The van der Waals surface area contributed by atoms with Crippen molar-refractivity contribution in [3.8, 4) is 5.75 Å². The lowest BCUT2D eigenvalue weighted by atomic mass is 10.2. The Morgan fingerprint density at radius 3 is 2.90 bits per heavy atom. The summed E-state index contributed by atoms with van der Waals surface area (Å²) in [6, 6.07) is 9.01. The van der Waals surface area contributed by atoms with Crippen molar-refractivity contribution in [2.24, 2.45) is 0 Å². The number of benzene rings is 1. The van der Waals surface area contributed by atoms with Crippen LogP contribution in [0.15, 0.2) is 42.7 Å². The van der Waals surface area contributed by atoms with E-state index < -0.39 is 6.10 Å². The third-order valence-electron chi connectivity index (χ3n) is 2.95. The third kappa shape index (κ3) is 4.20. The molecule has 0 unspecified atom stereocenters. The van der Waals surface area contributed by atoms with Crippen LogP contribution in [0.3, 0.4) is 0 Å². The third-order valence-corrected chi connectivity index (χ3v) is 3.26.